The minimum absolute atomic E-state index is 0.202. The second-order valence-electron chi connectivity index (χ2n) is 3.95. The molecule has 0 spiro atoms. The van der Waals surface area contributed by atoms with E-state index in [2.05, 4.69) is 17.3 Å². The van der Waals surface area contributed by atoms with Crippen molar-refractivity contribution in [1.29, 1.82) is 0 Å². The van der Waals surface area contributed by atoms with Crippen LogP contribution in [0.5, 0.6) is 0 Å². The lowest BCUT2D eigenvalue weighted by atomic mass is 10.2. The predicted molar refractivity (Wildman–Crippen MR) is 66.4 cm³/mol. The molecule has 0 atom stereocenters. The maximum atomic E-state index is 12.9. The maximum absolute atomic E-state index is 12.9. The van der Waals surface area contributed by atoms with E-state index < -0.39 is 0 Å². The van der Waals surface area contributed by atoms with Gasteiger partial charge in [0, 0.05) is 18.4 Å². The fraction of sp³-hybridized carbons (Fsp3) is 0.308. The molecular weight excluding hydrogens is 217 g/mol. The van der Waals surface area contributed by atoms with Gasteiger partial charge >= 0.3 is 0 Å². The van der Waals surface area contributed by atoms with Crippen molar-refractivity contribution in [1.82, 2.24) is 9.78 Å². The molecule has 0 aliphatic rings. The first-order valence-corrected chi connectivity index (χ1v) is 5.71. The van der Waals surface area contributed by atoms with Crippen molar-refractivity contribution < 1.29 is 4.39 Å². The lowest BCUT2D eigenvalue weighted by molar-refractivity contribution is 0.625. The molecule has 2 aromatic rings. The van der Waals surface area contributed by atoms with Gasteiger partial charge < -0.3 is 5.32 Å². The van der Waals surface area contributed by atoms with Crippen LogP contribution in [0.25, 0.3) is 0 Å². The predicted octanol–water partition coefficient (Wildman–Crippen LogP) is 2.96. The van der Waals surface area contributed by atoms with Gasteiger partial charge in [-0.05, 0) is 43.7 Å². The van der Waals surface area contributed by atoms with Gasteiger partial charge in [0.1, 0.15) is 5.82 Å². The number of hydrogen-bond acceptors (Lipinski definition) is 2. The molecule has 2 rings (SSSR count). The summed E-state index contributed by atoms with van der Waals surface area (Å²) in [6, 6.07) is 6.73. The zero-order valence-electron chi connectivity index (χ0n) is 10.1. The zero-order valence-corrected chi connectivity index (χ0v) is 10.1. The summed E-state index contributed by atoms with van der Waals surface area (Å²) in [5.41, 5.74) is 2.99. The standard InChI is InChI=1S/C13H16FN3/c1-3-17-12(6-7-16-17)9-15-13-5-4-11(14)8-10(13)2/h4-8,15H,3,9H2,1-2H3. The van der Waals surface area contributed by atoms with Crippen molar-refractivity contribution in [2.24, 2.45) is 0 Å². The van der Waals surface area contributed by atoms with Gasteiger partial charge in [-0.3, -0.25) is 4.68 Å². The van der Waals surface area contributed by atoms with Gasteiger partial charge in [-0.2, -0.15) is 5.10 Å². The second-order valence-corrected chi connectivity index (χ2v) is 3.95. The smallest absolute Gasteiger partial charge is 0.123 e. The van der Waals surface area contributed by atoms with Gasteiger partial charge in [0.2, 0.25) is 0 Å². The van der Waals surface area contributed by atoms with Gasteiger partial charge in [-0.25, -0.2) is 4.39 Å². The Bertz CT molecular complexity index is 505. The van der Waals surface area contributed by atoms with E-state index in [1.807, 2.05) is 17.7 Å². The van der Waals surface area contributed by atoms with E-state index in [1.165, 1.54) is 12.1 Å². The summed E-state index contributed by atoms with van der Waals surface area (Å²) in [7, 11) is 0. The lowest BCUT2D eigenvalue weighted by Gasteiger charge is -2.10. The molecule has 0 aliphatic carbocycles. The van der Waals surface area contributed by atoms with E-state index in [4.69, 9.17) is 0 Å². The Morgan fingerprint density at radius 1 is 1.35 bits per heavy atom. The summed E-state index contributed by atoms with van der Waals surface area (Å²) < 4.78 is 14.9. The molecule has 0 fully saturated rings. The van der Waals surface area contributed by atoms with Crippen LogP contribution in [0.4, 0.5) is 10.1 Å². The van der Waals surface area contributed by atoms with Crippen molar-refractivity contribution in [2.75, 3.05) is 5.32 Å². The Labute approximate surface area is 100 Å². The number of anilines is 1. The molecule has 90 valence electrons. The highest BCUT2D eigenvalue weighted by Crippen LogP contribution is 2.16. The van der Waals surface area contributed by atoms with Gasteiger partial charge in [0.05, 0.1) is 12.2 Å². The number of halogens is 1. The Kier molecular flexibility index (Phi) is 3.42. The largest absolute Gasteiger partial charge is 0.379 e. The number of nitrogens with zero attached hydrogens (tertiary/aromatic N) is 2. The Morgan fingerprint density at radius 2 is 2.18 bits per heavy atom. The van der Waals surface area contributed by atoms with Crippen molar-refractivity contribution >= 4 is 5.69 Å². The van der Waals surface area contributed by atoms with Crippen LogP contribution in [0.2, 0.25) is 0 Å². The third kappa shape index (κ3) is 2.64. The summed E-state index contributed by atoms with van der Waals surface area (Å²) in [4.78, 5) is 0. The van der Waals surface area contributed by atoms with Crippen molar-refractivity contribution in [2.45, 2.75) is 26.9 Å². The quantitative estimate of drug-likeness (QED) is 0.879. The highest BCUT2D eigenvalue weighted by molar-refractivity contribution is 5.50. The maximum Gasteiger partial charge on any atom is 0.123 e. The number of aryl methyl sites for hydroxylation is 2. The molecular formula is C13H16FN3. The lowest BCUT2D eigenvalue weighted by Crippen LogP contribution is -2.08. The van der Waals surface area contributed by atoms with E-state index >= 15 is 0 Å². The van der Waals surface area contributed by atoms with Crippen LogP contribution < -0.4 is 5.32 Å². The normalized spacial score (nSPS) is 10.5. The first kappa shape index (κ1) is 11.6. The zero-order chi connectivity index (χ0) is 12.3. The fourth-order valence-electron chi connectivity index (χ4n) is 1.81. The highest BCUT2D eigenvalue weighted by atomic mass is 19.1. The monoisotopic (exact) mass is 233 g/mol. The molecule has 17 heavy (non-hydrogen) atoms. The van der Waals surface area contributed by atoms with Gasteiger partial charge in [0.15, 0.2) is 0 Å². The third-order valence-corrected chi connectivity index (χ3v) is 2.75. The van der Waals surface area contributed by atoms with Gasteiger partial charge in [0.25, 0.3) is 0 Å². The van der Waals surface area contributed by atoms with Crippen molar-refractivity contribution in [3.05, 3.63) is 47.5 Å². The molecule has 0 radical (unpaired) electrons. The van der Waals surface area contributed by atoms with E-state index in [0.29, 0.717) is 6.54 Å². The van der Waals surface area contributed by atoms with E-state index in [-0.39, 0.29) is 5.82 Å². The van der Waals surface area contributed by atoms with Crippen LogP contribution in [-0.4, -0.2) is 9.78 Å². The first-order chi connectivity index (χ1) is 8.20. The minimum atomic E-state index is -0.202. The SMILES string of the molecule is CCn1nccc1CNc1ccc(F)cc1C. The van der Waals surface area contributed by atoms with Crippen LogP contribution in [0.1, 0.15) is 18.2 Å². The number of hydrogen-bond donors (Lipinski definition) is 1. The molecule has 1 heterocycles. The molecule has 0 amide bonds. The number of aromatic nitrogens is 2. The number of benzene rings is 1. The first-order valence-electron chi connectivity index (χ1n) is 5.71. The van der Waals surface area contributed by atoms with E-state index in [1.54, 1.807) is 12.3 Å². The number of nitrogens with one attached hydrogen (secondary N) is 1. The number of rotatable bonds is 4. The molecule has 3 nitrogen and oxygen atoms in total. The topological polar surface area (TPSA) is 29.9 Å². The molecule has 1 N–H and O–H groups in total. The Hall–Kier alpha value is -1.84. The molecule has 0 saturated carbocycles. The van der Waals surface area contributed by atoms with Gasteiger partial charge in [-0.15, -0.1) is 0 Å². The summed E-state index contributed by atoms with van der Waals surface area (Å²) >= 11 is 0. The van der Waals surface area contributed by atoms with Crippen molar-refractivity contribution in [3.63, 3.8) is 0 Å². The molecule has 0 saturated heterocycles. The van der Waals surface area contributed by atoms with Crippen LogP contribution in [0, 0.1) is 12.7 Å². The average Bonchev–Trinajstić information content (AvgIpc) is 2.75. The Balaban J connectivity index is 2.07. The summed E-state index contributed by atoms with van der Waals surface area (Å²) in [5.74, 6) is -0.202. The van der Waals surface area contributed by atoms with Crippen LogP contribution in [-0.2, 0) is 13.1 Å². The Morgan fingerprint density at radius 3 is 2.88 bits per heavy atom. The van der Waals surface area contributed by atoms with Crippen molar-refractivity contribution in [3.8, 4) is 0 Å². The van der Waals surface area contributed by atoms with Crippen LogP contribution in [0.3, 0.4) is 0 Å². The van der Waals surface area contributed by atoms with Crippen LogP contribution >= 0.6 is 0 Å². The molecule has 0 unspecified atom stereocenters. The average molecular weight is 233 g/mol. The van der Waals surface area contributed by atoms with Crippen LogP contribution in [0.15, 0.2) is 30.5 Å². The van der Waals surface area contributed by atoms with E-state index in [0.717, 1.165) is 23.5 Å². The summed E-state index contributed by atoms with van der Waals surface area (Å²) in [5, 5.41) is 7.49. The van der Waals surface area contributed by atoms with E-state index in [9.17, 15) is 4.39 Å². The van der Waals surface area contributed by atoms with Gasteiger partial charge in [-0.1, -0.05) is 0 Å². The third-order valence-electron chi connectivity index (χ3n) is 2.75. The minimum Gasteiger partial charge on any atom is -0.379 e. The molecule has 1 aromatic heterocycles. The summed E-state index contributed by atoms with van der Waals surface area (Å²) in [6.07, 6.45) is 1.79. The summed E-state index contributed by atoms with van der Waals surface area (Å²) in [6.45, 7) is 5.49. The molecule has 0 bridgehead atoms. The fourth-order valence-corrected chi connectivity index (χ4v) is 1.81. The molecule has 0 aliphatic heterocycles. The highest BCUT2D eigenvalue weighted by Gasteiger charge is 2.02. The molecule has 1 aromatic carbocycles. The second kappa shape index (κ2) is 4.99. The molecule has 4 heteroatoms.